The Labute approximate surface area is 72.9 Å². The SMILES string of the molecule is CCC(O)CCCNC(=O)OC. The third-order valence-corrected chi connectivity index (χ3v) is 1.64. The summed E-state index contributed by atoms with van der Waals surface area (Å²) in [6.07, 6.45) is 1.61. The highest BCUT2D eigenvalue weighted by atomic mass is 16.5. The average Bonchev–Trinajstić information content (AvgIpc) is 2.11. The van der Waals surface area contributed by atoms with Crippen molar-refractivity contribution in [3.63, 3.8) is 0 Å². The van der Waals surface area contributed by atoms with Gasteiger partial charge in [0, 0.05) is 6.54 Å². The molecule has 0 aliphatic heterocycles. The molecule has 0 radical (unpaired) electrons. The van der Waals surface area contributed by atoms with Gasteiger partial charge in [-0.3, -0.25) is 0 Å². The number of nitrogens with one attached hydrogen (secondary N) is 1. The number of alkyl carbamates (subject to hydrolysis) is 1. The summed E-state index contributed by atoms with van der Waals surface area (Å²) in [7, 11) is 1.33. The molecule has 1 unspecified atom stereocenters. The molecule has 0 rings (SSSR count). The summed E-state index contributed by atoms with van der Waals surface area (Å²) in [5, 5.41) is 11.7. The monoisotopic (exact) mass is 175 g/mol. The molecule has 0 spiro atoms. The van der Waals surface area contributed by atoms with Gasteiger partial charge >= 0.3 is 6.09 Å². The van der Waals surface area contributed by atoms with E-state index in [2.05, 4.69) is 10.1 Å². The summed E-state index contributed by atoms with van der Waals surface area (Å²) in [5.74, 6) is 0. The molecule has 0 aromatic heterocycles. The van der Waals surface area contributed by atoms with Crippen LogP contribution in [-0.4, -0.2) is 31.0 Å². The largest absolute Gasteiger partial charge is 0.453 e. The molecule has 0 aliphatic carbocycles. The van der Waals surface area contributed by atoms with Crippen LogP contribution in [0.5, 0.6) is 0 Å². The Morgan fingerprint density at radius 2 is 2.33 bits per heavy atom. The van der Waals surface area contributed by atoms with Gasteiger partial charge in [-0.25, -0.2) is 4.79 Å². The second-order valence-electron chi connectivity index (χ2n) is 2.62. The molecule has 2 N–H and O–H groups in total. The van der Waals surface area contributed by atoms with Crippen molar-refractivity contribution >= 4 is 6.09 Å². The molecule has 4 nitrogen and oxygen atoms in total. The maximum atomic E-state index is 10.5. The van der Waals surface area contributed by atoms with Crippen LogP contribution in [0.4, 0.5) is 4.79 Å². The van der Waals surface area contributed by atoms with E-state index < -0.39 is 6.09 Å². The number of amides is 1. The zero-order valence-corrected chi connectivity index (χ0v) is 7.67. The van der Waals surface area contributed by atoms with Gasteiger partial charge in [-0.2, -0.15) is 0 Å². The molecule has 1 atom stereocenters. The fourth-order valence-corrected chi connectivity index (χ4v) is 0.804. The molecule has 0 heterocycles. The lowest BCUT2D eigenvalue weighted by Crippen LogP contribution is -2.24. The number of methoxy groups -OCH3 is 1. The van der Waals surface area contributed by atoms with E-state index in [1.165, 1.54) is 7.11 Å². The maximum absolute atomic E-state index is 10.5. The molecule has 0 aliphatic rings. The van der Waals surface area contributed by atoms with Gasteiger partial charge in [-0.15, -0.1) is 0 Å². The van der Waals surface area contributed by atoms with Gasteiger partial charge in [-0.05, 0) is 19.3 Å². The third-order valence-electron chi connectivity index (χ3n) is 1.64. The zero-order valence-electron chi connectivity index (χ0n) is 7.67. The van der Waals surface area contributed by atoms with Crippen molar-refractivity contribution in [1.29, 1.82) is 0 Å². The molecule has 0 aromatic carbocycles. The molecule has 1 amide bonds. The minimum atomic E-state index is -0.416. The van der Waals surface area contributed by atoms with Gasteiger partial charge in [-0.1, -0.05) is 6.92 Å². The molecule has 4 heteroatoms. The van der Waals surface area contributed by atoms with Crippen LogP contribution in [0.25, 0.3) is 0 Å². The Hall–Kier alpha value is -0.770. The van der Waals surface area contributed by atoms with E-state index in [1.54, 1.807) is 0 Å². The Balaban J connectivity index is 3.15. The number of ether oxygens (including phenoxy) is 1. The highest BCUT2D eigenvalue weighted by Crippen LogP contribution is 1.99. The van der Waals surface area contributed by atoms with E-state index in [0.29, 0.717) is 6.54 Å². The molecule has 0 bridgehead atoms. The minimum absolute atomic E-state index is 0.246. The van der Waals surface area contributed by atoms with E-state index in [4.69, 9.17) is 5.11 Å². The highest BCUT2D eigenvalue weighted by Gasteiger charge is 2.01. The number of carbonyl (C=O) groups excluding carboxylic acids is 1. The topological polar surface area (TPSA) is 58.6 Å². The van der Waals surface area contributed by atoms with Crippen LogP contribution >= 0.6 is 0 Å². The van der Waals surface area contributed by atoms with E-state index >= 15 is 0 Å². The molecule has 0 fully saturated rings. The van der Waals surface area contributed by atoms with Crippen LogP contribution in [0.3, 0.4) is 0 Å². The molecule has 0 saturated carbocycles. The molecular weight excluding hydrogens is 158 g/mol. The smallest absolute Gasteiger partial charge is 0.406 e. The van der Waals surface area contributed by atoms with Crippen LogP contribution < -0.4 is 5.32 Å². The summed E-state index contributed by atoms with van der Waals surface area (Å²) in [6, 6.07) is 0. The second-order valence-corrected chi connectivity index (χ2v) is 2.62. The number of aliphatic hydroxyl groups is 1. The first-order valence-corrected chi connectivity index (χ1v) is 4.20. The maximum Gasteiger partial charge on any atom is 0.406 e. The lowest BCUT2D eigenvalue weighted by molar-refractivity contribution is 0.153. The summed E-state index contributed by atoms with van der Waals surface area (Å²) in [4.78, 5) is 10.5. The summed E-state index contributed by atoms with van der Waals surface area (Å²) >= 11 is 0. The molecule has 0 saturated heterocycles. The predicted octanol–water partition coefficient (Wildman–Crippen LogP) is 0.894. The molecule has 12 heavy (non-hydrogen) atoms. The standard InChI is InChI=1S/C8H17NO3/c1-3-7(10)5-4-6-9-8(11)12-2/h7,10H,3-6H2,1-2H3,(H,9,11). The van der Waals surface area contributed by atoms with Crippen molar-refractivity contribution in [2.75, 3.05) is 13.7 Å². The van der Waals surface area contributed by atoms with Crippen LogP contribution in [0, 0.1) is 0 Å². The van der Waals surface area contributed by atoms with Gasteiger partial charge in [0.05, 0.1) is 13.2 Å². The van der Waals surface area contributed by atoms with Gasteiger partial charge in [0.25, 0.3) is 0 Å². The van der Waals surface area contributed by atoms with Crippen LogP contribution in [0.1, 0.15) is 26.2 Å². The average molecular weight is 175 g/mol. The van der Waals surface area contributed by atoms with E-state index in [0.717, 1.165) is 19.3 Å². The van der Waals surface area contributed by atoms with Crippen molar-refractivity contribution in [2.45, 2.75) is 32.3 Å². The Kier molecular flexibility index (Phi) is 6.47. The molecule has 0 aromatic rings. The Morgan fingerprint density at radius 1 is 1.67 bits per heavy atom. The van der Waals surface area contributed by atoms with Crippen molar-refractivity contribution in [2.24, 2.45) is 0 Å². The van der Waals surface area contributed by atoms with Crippen molar-refractivity contribution in [3.05, 3.63) is 0 Å². The summed E-state index contributed by atoms with van der Waals surface area (Å²) in [6.45, 7) is 2.49. The van der Waals surface area contributed by atoms with E-state index in [-0.39, 0.29) is 6.10 Å². The van der Waals surface area contributed by atoms with Crippen molar-refractivity contribution < 1.29 is 14.6 Å². The summed E-state index contributed by atoms with van der Waals surface area (Å²) < 4.78 is 4.37. The predicted molar refractivity (Wildman–Crippen MR) is 45.9 cm³/mol. The zero-order chi connectivity index (χ0) is 9.40. The van der Waals surface area contributed by atoms with Crippen LogP contribution in [0.2, 0.25) is 0 Å². The first-order chi connectivity index (χ1) is 5.70. The lowest BCUT2D eigenvalue weighted by atomic mass is 10.1. The van der Waals surface area contributed by atoms with Gasteiger partial charge in [0.2, 0.25) is 0 Å². The Morgan fingerprint density at radius 3 is 2.83 bits per heavy atom. The minimum Gasteiger partial charge on any atom is -0.453 e. The van der Waals surface area contributed by atoms with Gasteiger partial charge in [0.15, 0.2) is 0 Å². The summed E-state index contributed by atoms with van der Waals surface area (Å²) in [5.41, 5.74) is 0. The quantitative estimate of drug-likeness (QED) is 0.610. The first kappa shape index (κ1) is 11.2. The Bertz CT molecular complexity index is 127. The van der Waals surface area contributed by atoms with Gasteiger partial charge < -0.3 is 15.2 Å². The van der Waals surface area contributed by atoms with Crippen molar-refractivity contribution in [1.82, 2.24) is 5.32 Å². The van der Waals surface area contributed by atoms with Crippen molar-refractivity contribution in [3.8, 4) is 0 Å². The fourth-order valence-electron chi connectivity index (χ4n) is 0.804. The molecular formula is C8H17NO3. The third kappa shape index (κ3) is 5.97. The van der Waals surface area contributed by atoms with Crippen LogP contribution in [0.15, 0.2) is 0 Å². The number of rotatable bonds is 5. The normalized spacial score (nSPS) is 12.2. The second kappa shape index (κ2) is 6.91. The van der Waals surface area contributed by atoms with E-state index in [1.807, 2.05) is 6.92 Å². The highest BCUT2D eigenvalue weighted by molar-refractivity contribution is 5.66. The lowest BCUT2D eigenvalue weighted by Gasteiger charge is -2.07. The van der Waals surface area contributed by atoms with Gasteiger partial charge in [0.1, 0.15) is 0 Å². The number of hydrogen-bond donors (Lipinski definition) is 2. The number of aliphatic hydroxyl groups excluding tert-OH is 1. The fraction of sp³-hybridized carbons (Fsp3) is 0.875. The first-order valence-electron chi connectivity index (χ1n) is 4.20. The number of hydrogen-bond acceptors (Lipinski definition) is 3. The van der Waals surface area contributed by atoms with Crippen LogP contribution in [-0.2, 0) is 4.74 Å². The molecule has 72 valence electrons. The van der Waals surface area contributed by atoms with E-state index in [9.17, 15) is 4.79 Å². The number of carbonyl (C=O) groups is 1.